The lowest BCUT2D eigenvalue weighted by molar-refractivity contribution is -0.121. The molecule has 43 heavy (non-hydrogen) atoms. The van der Waals surface area contributed by atoms with Gasteiger partial charge in [0.2, 0.25) is 0 Å². The average Bonchev–Trinajstić information content (AvgIpc) is 3.06. The van der Waals surface area contributed by atoms with Crippen LogP contribution in [0.4, 0.5) is 0 Å². The molecule has 0 saturated carbocycles. The second kappa shape index (κ2) is 19.4. The van der Waals surface area contributed by atoms with Gasteiger partial charge in [-0.05, 0) is 72.8 Å². The van der Waals surface area contributed by atoms with Crippen molar-refractivity contribution >= 4 is 64.8 Å². The Kier molecular flexibility index (Phi) is 15.6. The van der Waals surface area contributed by atoms with Crippen molar-refractivity contribution in [3.8, 4) is 23.6 Å². The van der Waals surface area contributed by atoms with Gasteiger partial charge in [0.25, 0.3) is 12.9 Å². The summed E-state index contributed by atoms with van der Waals surface area (Å²) >= 11 is 8.51. The number of hydrogen-bond acceptors (Lipinski definition) is 10. The van der Waals surface area contributed by atoms with Crippen LogP contribution in [-0.4, -0.2) is 35.6 Å². The van der Waals surface area contributed by atoms with Crippen molar-refractivity contribution in [3.63, 3.8) is 0 Å². The van der Waals surface area contributed by atoms with E-state index in [0.29, 0.717) is 52.0 Å². The highest BCUT2D eigenvalue weighted by Crippen LogP contribution is 2.22. The third-order valence-corrected chi connectivity index (χ3v) is 6.97. The highest BCUT2D eigenvalue weighted by atomic mass is 79.9. The molecule has 4 rings (SSSR count). The predicted octanol–water partition coefficient (Wildman–Crippen LogP) is 6.71. The van der Waals surface area contributed by atoms with Gasteiger partial charge in [0, 0.05) is 20.9 Å². The number of carbonyl (C=O) groups excluding carboxylic acids is 4. The van der Waals surface area contributed by atoms with Gasteiger partial charge in [-0.15, -0.1) is 24.4 Å². The highest BCUT2D eigenvalue weighted by molar-refractivity contribution is 9.09. The Hall–Kier alpha value is -4.68. The number of halogens is 1. The summed E-state index contributed by atoms with van der Waals surface area (Å²) in [5.74, 6) is 1.23. The molecule has 0 fully saturated rings. The smallest absolute Gasteiger partial charge is 0.298 e. The lowest BCUT2D eigenvalue weighted by atomic mass is 10.1. The lowest BCUT2D eigenvalue weighted by Gasteiger charge is -2.03. The van der Waals surface area contributed by atoms with Crippen LogP contribution in [0.1, 0.15) is 31.8 Å². The summed E-state index contributed by atoms with van der Waals surface area (Å²) in [5, 5.41) is 17.7. The van der Waals surface area contributed by atoms with Gasteiger partial charge >= 0.3 is 0 Å². The average molecular weight is 676 g/mol. The maximum Gasteiger partial charge on any atom is 0.298 e. The van der Waals surface area contributed by atoms with E-state index in [1.165, 1.54) is 11.8 Å². The first-order valence-electron chi connectivity index (χ1n) is 12.2. The Morgan fingerprint density at radius 2 is 1.21 bits per heavy atom. The summed E-state index contributed by atoms with van der Waals surface area (Å²) in [5.41, 5.74) is 2.09. The minimum Gasteiger partial charge on any atom is -0.429 e. The van der Waals surface area contributed by atoms with Crippen molar-refractivity contribution in [2.24, 2.45) is 0 Å². The molecule has 0 amide bonds. The van der Waals surface area contributed by atoms with Crippen LogP contribution in [0.5, 0.6) is 11.5 Å². The molecule has 11 heteroatoms. The fourth-order valence-corrected chi connectivity index (χ4v) is 4.35. The normalized spacial score (nSPS) is 9.30. The van der Waals surface area contributed by atoms with Crippen molar-refractivity contribution in [2.45, 2.75) is 9.79 Å². The number of benzene rings is 4. The zero-order valence-corrected chi connectivity index (χ0v) is 25.7. The van der Waals surface area contributed by atoms with Gasteiger partial charge in [-0.2, -0.15) is 10.5 Å². The van der Waals surface area contributed by atoms with E-state index in [1.54, 1.807) is 97.1 Å². The Morgan fingerprint density at radius 3 is 1.65 bits per heavy atom. The van der Waals surface area contributed by atoms with Gasteiger partial charge in [-0.1, -0.05) is 40.2 Å². The van der Waals surface area contributed by atoms with E-state index in [0.717, 1.165) is 9.79 Å². The quantitative estimate of drug-likeness (QED) is 0.0640. The molecule has 0 bridgehead atoms. The number of nitriles is 2. The monoisotopic (exact) mass is 674 g/mol. The van der Waals surface area contributed by atoms with Crippen LogP contribution in [0.15, 0.2) is 107 Å². The van der Waals surface area contributed by atoms with Gasteiger partial charge in [0.05, 0.1) is 34.3 Å². The number of carbonyl (C=O) groups is 4. The third kappa shape index (κ3) is 12.8. The first-order chi connectivity index (χ1) is 20.8. The van der Waals surface area contributed by atoms with Crippen LogP contribution in [0.3, 0.4) is 0 Å². The molecule has 0 unspecified atom stereocenters. The van der Waals surface area contributed by atoms with Crippen LogP contribution in [0, 0.1) is 22.7 Å². The van der Waals surface area contributed by atoms with Crippen molar-refractivity contribution in [1.29, 1.82) is 10.5 Å². The third-order valence-electron chi connectivity index (χ3n) is 5.15. The van der Waals surface area contributed by atoms with Gasteiger partial charge in [-0.25, -0.2) is 0 Å². The van der Waals surface area contributed by atoms with Crippen LogP contribution in [0.25, 0.3) is 0 Å². The number of alkyl halides is 1. The van der Waals surface area contributed by atoms with Gasteiger partial charge in [-0.3, -0.25) is 19.2 Å². The second-order valence-electron chi connectivity index (χ2n) is 8.05. The van der Waals surface area contributed by atoms with E-state index in [-0.39, 0.29) is 17.3 Å². The Morgan fingerprint density at radius 1 is 0.744 bits per heavy atom. The molecule has 0 atom stereocenters. The molecular formula is C32H23BrN2O6S2. The highest BCUT2D eigenvalue weighted by Gasteiger charge is 2.08. The molecule has 0 saturated heterocycles. The molecule has 4 aromatic carbocycles. The molecule has 0 aliphatic carbocycles. The largest absolute Gasteiger partial charge is 0.429 e. The van der Waals surface area contributed by atoms with Gasteiger partial charge in [0.1, 0.15) is 11.5 Å². The Labute approximate surface area is 266 Å². The molecule has 4 aromatic rings. The predicted molar refractivity (Wildman–Crippen MR) is 169 cm³/mol. The first kappa shape index (κ1) is 34.5. The lowest BCUT2D eigenvalue weighted by Crippen LogP contribution is -2.02. The van der Waals surface area contributed by atoms with Crippen LogP contribution in [0.2, 0.25) is 0 Å². The summed E-state index contributed by atoms with van der Waals surface area (Å²) in [6.45, 7) is 0.765. The molecule has 0 aromatic heterocycles. The molecule has 0 spiro atoms. The fourth-order valence-electron chi connectivity index (χ4n) is 3.08. The fraction of sp³-hybridized carbons (Fsp3) is 0.0625. The molecular weight excluding hydrogens is 652 g/mol. The molecule has 0 radical (unpaired) electrons. The van der Waals surface area contributed by atoms with Crippen LogP contribution >= 0.6 is 40.3 Å². The van der Waals surface area contributed by atoms with Gasteiger partial charge < -0.3 is 9.47 Å². The number of ether oxygens (including phenoxy) is 2. The second-order valence-corrected chi connectivity index (χ2v) is 10.2. The van der Waals surface area contributed by atoms with E-state index in [9.17, 15) is 19.2 Å². The summed E-state index contributed by atoms with van der Waals surface area (Å²) in [4.78, 5) is 44.9. The molecule has 216 valence electrons. The summed E-state index contributed by atoms with van der Waals surface area (Å²) in [6, 6.07) is 31.0. The standard InChI is InChI=1S/C16H11NO3S.C9H6BrNO.C7H6O2S/c17-9-12-2-1-3-13(8-12)16(19)10-21-15-6-4-14(5-7-15)20-11-18;10-5-9(12)8-3-1-2-7(4-8)6-11;8-5-9-6-1-3-7(10)4-2-6/h1-8,11H,10H2;1-4H,5H2;1-5,10H. The summed E-state index contributed by atoms with van der Waals surface area (Å²) in [7, 11) is 0. The number of rotatable bonds is 10. The van der Waals surface area contributed by atoms with E-state index in [4.69, 9.17) is 15.3 Å². The number of nitrogens with zero attached hydrogens (tertiary/aromatic N) is 2. The number of thioether (sulfide) groups is 1. The van der Waals surface area contributed by atoms with Crippen molar-refractivity contribution < 1.29 is 28.7 Å². The summed E-state index contributed by atoms with van der Waals surface area (Å²) in [6.07, 6.45) is 0. The van der Waals surface area contributed by atoms with E-state index in [1.807, 2.05) is 12.1 Å². The molecule has 0 aliphatic rings. The summed E-state index contributed by atoms with van der Waals surface area (Å²) < 4.78 is 9.24. The van der Waals surface area contributed by atoms with Crippen LogP contribution < -0.4 is 9.47 Å². The topological polar surface area (TPSA) is 134 Å². The minimum absolute atomic E-state index is 0.00731. The van der Waals surface area contributed by atoms with E-state index in [2.05, 4.69) is 33.3 Å². The zero-order valence-electron chi connectivity index (χ0n) is 22.4. The zero-order chi connectivity index (χ0) is 31.5. The van der Waals surface area contributed by atoms with E-state index < -0.39 is 0 Å². The van der Waals surface area contributed by atoms with E-state index >= 15 is 0 Å². The molecule has 0 aliphatic heterocycles. The number of ketones is 2. The molecule has 0 N–H and O–H groups in total. The van der Waals surface area contributed by atoms with Crippen molar-refractivity contribution in [1.82, 2.24) is 0 Å². The number of thiol groups is 1. The molecule has 8 nitrogen and oxygen atoms in total. The maximum atomic E-state index is 12.1. The molecule has 0 heterocycles. The van der Waals surface area contributed by atoms with Gasteiger partial charge in [0.15, 0.2) is 11.6 Å². The van der Waals surface area contributed by atoms with Crippen molar-refractivity contribution in [2.75, 3.05) is 11.1 Å². The maximum absolute atomic E-state index is 12.1. The number of Topliss-reactive ketones (excluding diaryl/α,β-unsaturated/α-hetero) is 2. The van der Waals surface area contributed by atoms with Crippen molar-refractivity contribution in [3.05, 3.63) is 119 Å². The minimum atomic E-state index is -0.0367. The Balaban J connectivity index is 0.000000248. The first-order valence-corrected chi connectivity index (χ1v) is 14.7. The Bertz CT molecular complexity index is 1610. The SMILES string of the molecule is N#Cc1cccc(C(=O)CBr)c1.N#Cc1cccc(C(=O)CSc2ccc(OC=O)cc2)c1.O=COc1ccc(S)cc1. The van der Waals surface area contributed by atoms with Crippen LogP contribution in [-0.2, 0) is 9.59 Å². The number of hydrogen-bond donors (Lipinski definition) is 1.